The maximum absolute atomic E-state index is 13.0. The van der Waals surface area contributed by atoms with Crippen LogP contribution in [-0.4, -0.2) is 25.4 Å². The molecule has 0 spiro atoms. The molecule has 1 heterocycles. The summed E-state index contributed by atoms with van der Waals surface area (Å²) in [6.07, 6.45) is 3.59. The molecule has 1 aromatic heterocycles. The third kappa shape index (κ3) is 5.89. The van der Waals surface area contributed by atoms with Gasteiger partial charge in [0.05, 0.1) is 4.90 Å². The van der Waals surface area contributed by atoms with Gasteiger partial charge in [-0.2, -0.15) is 4.72 Å². The molecule has 2 rings (SSSR count). The molecule has 0 aliphatic heterocycles. The average molecular weight is 379 g/mol. The molecule has 6 nitrogen and oxygen atoms in total. The summed E-state index contributed by atoms with van der Waals surface area (Å²) in [5, 5.41) is 2.72. The Labute approximate surface area is 152 Å². The van der Waals surface area contributed by atoms with E-state index in [4.69, 9.17) is 0 Å². The van der Waals surface area contributed by atoms with Gasteiger partial charge >= 0.3 is 0 Å². The minimum absolute atomic E-state index is 0.0901. The molecule has 0 aliphatic carbocycles. The molecule has 0 unspecified atom stereocenters. The summed E-state index contributed by atoms with van der Waals surface area (Å²) in [7, 11) is -3.94. The van der Waals surface area contributed by atoms with E-state index in [2.05, 4.69) is 15.0 Å². The van der Waals surface area contributed by atoms with E-state index in [-0.39, 0.29) is 17.4 Å². The Morgan fingerprint density at radius 1 is 1.19 bits per heavy atom. The summed E-state index contributed by atoms with van der Waals surface area (Å²) in [4.78, 5) is 16.4. The monoisotopic (exact) mass is 379 g/mol. The number of nitrogens with one attached hydrogen (secondary N) is 2. The lowest BCUT2D eigenvalue weighted by Gasteiger charge is -2.20. The van der Waals surface area contributed by atoms with E-state index in [1.165, 1.54) is 0 Å². The normalized spacial score (nSPS) is 12.8. The predicted octanol–water partition coefficient (Wildman–Crippen LogP) is 2.23. The first-order valence-electron chi connectivity index (χ1n) is 8.22. The topological polar surface area (TPSA) is 88.2 Å². The predicted molar refractivity (Wildman–Crippen MR) is 96.0 cm³/mol. The smallest absolute Gasteiger partial charge is 0.241 e. The van der Waals surface area contributed by atoms with Crippen molar-refractivity contribution in [1.29, 1.82) is 0 Å². The molecule has 8 heteroatoms. The zero-order valence-corrected chi connectivity index (χ0v) is 15.5. The Hall–Kier alpha value is -2.32. The third-order valence-electron chi connectivity index (χ3n) is 3.63. The number of hydrogen-bond donors (Lipinski definition) is 2. The fourth-order valence-electron chi connectivity index (χ4n) is 2.36. The highest BCUT2D eigenvalue weighted by Crippen LogP contribution is 2.13. The summed E-state index contributed by atoms with van der Waals surface area (Å²) in [6.45, 7) is 4.04. The highest BCUT2D eigenvalue weighted by molar-refractivity contribution is 7.89. The lowest BCUT2D eigenvalue weighted by molar-refractivity contribution is -0.123. The van der Waals surface area contributed by atoms with Gasteiger partial charge < -0.3 is 5.32 Å². The van der Waals surface area contributed by atoms with Crippen LogP contribution in [0.2, 0.25) is 0 Å². The van der Waals surface area contributed by atoms with Crippen LogP contribution in [0.25, 0.3) is 0 Å². The minimum atomic E-state index is -3.94. The Kier molecular flexibility index (Phi) is 6.82. The standard InChI is InChI=1S/C18H22FN3O3S/c1-13(2)10-17(18(23)21-12-14-4-3-9-20-11-14)22-26(24,25)16-7-5-15(19)6-8-16/h3-9,11,13,17,22H,10,12H2,1-2H3,(H,21,23)/t17-/m0/s1. The second-order valence-electron chi connectivity index (χ2n) is 6.34. The van der Waals surface area contributed by atoms with Gasteiger partial charge in [0.15, 0.2) is 0 Å². The molecule has 0 saturated carbocycles. The van der Waals surface area contributed by atoms with Gasteiger partial charge in [-0.05, 0) is 48.2 Å². The largest absolute Gasteiger partial charge is 0.351 e. The number of carbonyl (C=O) groups is 1. The Morgan fingerprint density at radius 2 is 1.88 bits per heavy atom. The van der Waals surface area contributed by atoms with Crippen molar-refractivity contribution in [1.82, 2.24) is 15.0 Å². The number of benzene rings is 1. The average Bonchev–Trinajstić information content (AvgIpc) is 2.60. The van der Waals surface area contributed by atoms with E-state index in [0.29, 0.717) is 6.42 Å². The molecule has 1 amide bonds. The van der Waals surface area contributed by atoms with Crippen molar-refractivity contribution in [2.24, 2.45) is 5.92 Å². The minimum Gasteiger partial charge on any atom is -0.351 e. The van der Waals surface area contributed by atoms with E-state index in [0.717, 1.165) is 29.8 Å². The zero-order valence-electron chi connectivity index (χ0n) is 14.6. The van der Waals surface area contributed by atoms with Crippen molar-refractivity contribution in [2.45, 2.75) is 37.8 Å². The molecule has 0 radical (unpaired) electrons. The van der Waals surface area contributed by atoms with Crippen molar-refractivity contribution in [3.05, 3.63) is 60.2 Å². The molecule has 1 aromatic carbocycles. The Bertz CT molecular complexity index is 825. The zero-order chi connectivity index (χ0) is 19.2. The summed E-state index contributed by atoms with van der Waals surface area (Å²) in [5.41, 5.74) is 0.811. The maximum Gasteiger partial charge on any atom is 0.241 e. The summed E-state index contributed by atoms with van der Waals surface area (Å²) in [5.74, 6) is -0.856. The van der Waals surface area contributed by atoms with Crippen molar-refractivity contribution in [3.8, 4) is 0 Å². The van der Waals surface area contributed by atoms with Crippen LogP contribution in [0.4, 0.5) is 4.39 Å². The van der Waals surface area contributed by atoms with Gasteiger partial charge in [-0.1, -0.05) is 19.9 Å². The van der Waals surface area contributed by atoms with Crippen LogP contribution in [0.3, 0.4) is 0 Å². The van der Waals surface area contributed by atoms with Crippen LogP contribution in [0, 0.1) is 11.7 Å². The lowest BCUT2D eigenvalue weighted by atomic mass is 10.0. The van der Waals surface area contributed by atoms with Gasteiger partial charge in [0.2, 0.25) is 15.9 Å². The molecule has 0 aliphatic rings. The van der Waals surface area contributed by atoms with Gasteiger partial charge in [-0.3, -0.25) is 9.78 Å². The van der Waals surface area contributed by atoms with E-state index in [1.54, 1.807) is 18.5 Å². The van der Waals surface area contributed by atoms with Crippen LogP contribution in [0.15, 0.2) is 53.7 Å². The molecule has 26 heavy (non-hydrogen) atoms. The first kappa shape index (κ1) is 20.0. The van der Waals surface area contributed by atoms with Gasteiger partial charge in [-0.15, -0.1) is 0 Å². The Balaban J connectivity index is 2.10. The highest BCUT2D eigenvalue weighted by Gasteiger charge is 2.26. The Morgan fingerprint density at radius 3 is 2.46 bits per heavy atom. The molecule has 2 N–H and O–H groups in total. The third-order valence-corrected chi connectivity index (χ3v) is 5.12. The molecule has 0 saturated heterocycles. The fourth-order valence-corrected chi connectivity index (χ4v) is 3.57. The molecule has 0 fully saturated rings. The highest BCUT2D eigenvalue weighted by atomic mass is 32.2. The van der Waals surface area contributed by atoms with Crippen LogP contribution in [-0.2, 0) is 21.4 Å². The van der Waals surface area contributed by atoms with E-state index in [1.807, 2.05) is 19.9 Å². The number of rotatable bonds is 8. The summed E-state index contributed by atoms with van der Waals surface area (Å²) >= 11 is 0. The lowest BCUT2D eigenvalue weighted by Crippen LogP contribution is -2.47. The first-order chi connectivity index (χ1) is 12.3. The van der Waals surface area contributed by atoms with Crippen LogP contribution >= 0.6 is 0 Å². The molecular formula is C18H22FN3O3S. The second kappa shape index (κ2) is 8.86. The van der Waals surface area contributed by atoms with Gasteiger partial charge in [0.25, 0.3) is 0 Å². The summed E-state index contributed by atoms with van der Waals surface area (Å²) in [6, 6.07) is 7.09. The fraction of sp³-hybridized carbons (Fsp3) is 0.333. The number of halogens is 1. The second-order valence-corrected chi connectivity index (χ2v) is 8.05. The van der Waals surface area contributed by atoms with Crippen molar-refractivity contribution in [2.75, 3.05) is 0 Å². The van der Waals surface area contributed by atoms with E-state index >= 15 is 0 Å². The van der Waals surface area contributed by atoms with Gasteiger partial charge in [-0.25, -0.2) is 12.8 Å². The van der Waals surface area contributed by atoms with Crippen LogP contribution < -0.4 is 10.0 Å². The molecular weight excluding hydrogens is 357 g/mol. The summed E-state index contributed by atoms with van der Waals surface area (Å²) < 4.78 is 40.4. The quantitative estimate of drug-likeness (QED) is 0.736. The first-order valence-corrected chi connectivity index (χ1v) is 9.71. The number of pyridine rings is 1. The molecule has 1 atom stereocenters. The van der Waals surface area contributed by atoms with Crippen LogP contribution in [0.5, 0.6) is 0 Å². The number of sulfonamides is 1. The van der Waals surface area contributed by atoms with Crippen molar-refractivity contribution in [3.63, 3.8) is 0 Å². The number of aromatic nitrogens is 1. The number of nitrogens with zero attached hydrogens (tertiary/aromatic N) is 1. The maximum atomic E-state index is 13.0. The molecule has 0 bridgehead atoms. The molecule has 140 valence electrons. The molecule has 2 aromatic rings. The van der Waals surface area contributed by atoms with Crippen molar-refractivity contribution >= 4 is 15.9 Å². The van der Waals surface area contributed by atoms with E-state index < -0.39 is 27.8 Å². The number of amides is 1. The van der Waals surface area contributed by atoms with Crippen LogP contribution in [0.1, 0.15) is 25.8 Å². The van der Waals surface area contributed by atoms with Gasteiger partial charge in [0.1, 0.15) is 11.9 Å². The van der Waals surface area contributed by atoms with Crippen molar-refractivity contribution < 1.29 is 17.6 Å². The van der Waals surface area contributed by atoms with E-state index in [9.17, 15) is 17.6 Å². The SMILES string of the molecule is CC(C)C[C@H](NS(=O)(=O)c1ccc(F)cc1)C(=O)NCc1cccnc1. The number of hydrogen-bond acceptors (Lipinski definition) is 4. The van der Waals surface area contributed by atoms with Gasteiger partial charge in [0, 0.05) is 18.9 Å². The number of carbonyl (C=O) groups excluding carboxylic acids is 1.